The van der Waals surface area contributed by atoms with Crippen molar-refractivity contribution in [2.24, 2.45) is 0 Å². The Morgan fingerprint density at radius 1 is 0.826 bits per heavy atom. The number of alkyl carbamates (subject to hydrolysis) is 1. The fourth-order valence-electron chi connectivity index (χ4n) is 5.88. The Kier molecular flexibility index (Phi) is 10.3. The molecule has 1 aliphatic heterocycles. The van der Waals surface area contributed by atoms with E-state index >= 15 is 0 Å². The Morgan fingerprint density at radius 2 is 1.35 bits per heavy atom. The number of hydrogen-bond donors (Lipinski definition) is 2. The molecule has 1 aliphatic carbocycles. The number of rotatable bonds is 5. The van der Waals surface area contributed by atoms with Crippen LogP contribution in [0.25, 0.3) is 0 Å². The average Bonchev–Trinajstić information content (AvgIpc) is 3.46. The number of likely N-dealkylation sites (N-methyl/N-ethyl adjacent to an activating group) is 1. The summed E-state index contributed by atoms with van der Waals surface area (Å²) in [6.45, 7) is 0.0874. The van der Waals surface area contributed by atoms with Gasteiger partial charge in [0.05, 0.1) is 24.3 Å². The fraction of sp³-hybridized carbons (Fsp3) is 0.500. The third-order valence-corrected chi connectivity index (χ3v) is 8.48. The van der Waals surface area contributed by atoms with Crippen LogP contribution in [0.1, 0.15) is 48.3 Å². The first-order valence-corrected chi connectivity index (χ1v) is 14.4. The van der Waals surface area contributed by atoms with Crippen molar-refractivity contribution in [3.63, 3.8) is 0 Å². The van der Waals surface area contributed by atoms with Gasteiger partial charge in [0.25, 0.3) is 0 Å². The maximum atomic E-state index is 13.7. The lowest BCUT2D eigenvalue weighted by Crippen LogP contribution is -2.49. The number of amides is 5. The van der Waals surface area contributed by atoms with Gasteiger partial charge in [-0.05, 0) is 61.6 Å². The number of likely N-dealkylation sites (tertiary alicyclic amines) is 1. The van der Waals surface area contributed by atoms with E-state index in [0.29, 0.717) is 48.3 Å². The molecular weight excluding hydrogens is 627 g/mol. The maximum absolute atomic E-state index is 13.7. The van der Waals surface area contributed by atoms with Gasteiger partial charge < -0.3 is 25.2 Å². The van der Waals surface area contributed by atoms with Crippen molar-refractivity contribution in [3.05, 3.63) is 65.0 Å². The van der Waals surface area contributed by atoms with E-state index in [1.807, 2.05) is 0 Å². The van der Waals surface area contributed by atoms with Crippen molar-refractivity contribution in [1.29, 1.82) is 0 Å². The molecule has 2 aliphatic rings. The zero-order valence-electron chi connectivity index (χ0n) is 25.2. The highest BCUT2D eigenvalue weighted by Gasteiger charge is 2.42. The average molecular weight is 662 g/mol. The Balaban J connectivity index is 1.53. The van der Waals surface area contributed by atoms with Crippen LogP contribution in [0.5, 0.6) is 0 Å². The molecule has 2 aromatic rings. The smallest absolute Gasteiger partial charge is 0.416 e. The number of nitrogens with one attached hydrogen (secondary N) is 2. The van der Waals surface area contributed by atoms with Gasteiger partial charge in [-0.2, -0.15) is 26.3 Å². The summed E-state index contributed by atoms with van der Waals surface area (Å²) in [6.07, 6.45) is -8.36. The molecule has 0 bridgehead atoms. The summed E-state index contributed by atoms with van der Waals surface area (Å²) >= 11 is 0. The van der Waals surface area contributed by atoms with Crippen LogP contribution in [0.2, 0.25) is 0 Å². The summed E-state index contributed by atoms with van der Waals surface area (Å²) in [5.41, 5.74) is -3.18. The number of urea groups is 2. The number of benzene rings is 2. The van der Waals surface area contributed by atoms with E-state index in [1.54, 1.807) is 0 Å². The van der Waals surface area contributed by atoms with Crippen LogP contribution in [0.4, 0.5) is 50.8 Å². The third kappa shape index (κ3) is 8.12. The van der Waals surface area contributed by atoms with Gasteiger partial charge in [0.1, 0.15) is 5.82 Å². The highest BCUT2D eigenvalue weighted by molar-refractivity contribution is 5.92. The Labute approximate surface area is 260 Å². The number of halogens is 7. The molecule has 46 heavy (non-hydrogen) atoms. The van der Waals surface area contributed by atoms with Crippen LogP contribution in [-0.2, 0) is 17.1 Å². The normalized spacial score (nSPS) is 21.8. The largest absolute Gasteiger partial charge is 0.453 e. The molecule has 1 heterocycles. The first-order chi connectivity index (χ1) is 21.5. The van der Waals surface area contributed by atoms with E-state index in [4.69, 9.17) is 0 Å². The lowest BCUT2D eigenvalue weighted by Gasteiger charge is -2.33. The lowest BCUT2D eigenvalue weighted by atomic mass is 9.91. The maximum Gasteiger partial charge on any atom is 0.416 e. The van der Waals surface area contributed by atoms with Crippen molar-refractivity contribution in [2.45, 2.75) is 62.1 Å². The van der Waals surface area contributed by atoms with Crippen LogP contribution in [0.15, 0.2) is 42.5 Å². The minimum atomic E-state index is -5.10. The molecular formula is C30H34F7N5O4. The molecule has 16 heteroatoms. The standard InChI is InChI=1S/C30H34F7N5O4/c1-40(23-13-18(29(32,33)34)12-19(14-23)30(35,36)37)28(45)41(2)25-16-42(15-24(25)17-4-6-20(31)7-5-17)26(43)38-21-8-10-22(11-9-21)39-27(44)46-3/h4-7,12-14,21-22,24-25H,8-11,15-16H2,1-3H3,(H,38,43)(H,39,44)/t21-,22-,24-,25+/m0/s1. The minimum absolute atomic E-state index is 0.0143. The van der Waals surface area contributed by atoms with Crippen molar-refractivity contribution in [3.8, 4) is 0 Å². The van der Waals surface area contributed by atoms with E-state index in [-0.39, 0.29) is 31.2 Å². The van der Waals surface area contributed by atoms with Crippen molar-refractivity contribution < 1.29 is 49.9 Å². The number of hydrogen-bond acceptors (Lipinski definition) is 4. The van der Waals surface area contributed by atoms with Crippen LogP contribution in [0.3, 0.4) is 0 Å². The highest BCUT2D eigenvalue weighted by atomic mass is 19.4. The topological polar surface area (TPSA) is 94.2 Å². The summed E-state index contributed by atoms with van der Waals surface area (Å²) in [6, 6.07) is 3.92. The number of carbonyl (C=O) groups excluding carboxylic acids is 3. The second-order valence-corrected chi connectivity index (χ2v) is 11.5. The van der Waals surface area contributed by atoms with Crippen LogP contribution in [0, 0.1) is 5.82 Å². The highest BCUT2D eigenvalue weighted by Crippen LogP contribution is 2.39. The zero-order valence-corrected chi connectivity index (χ0v) is 25.2. The molecule has 2 fully saturated rings. The quantitative estimate of drug-likeness (QED) is 0.374. The first kappa shape index (κ1) is 34.6. The molecule has 0 aromatic heterocycles. The second-order valence-electron chi connectivity index (χ2n) is 11.5. The van der Waals surface area contributed by atoms with Gasteiger partial charge in [0, 0.05) is 50.9 Å². The molecule has 2 N–H and O–H groups in total. The Hall–Kier alpha value is -4.24. The van der Waals surface area contributed by atoms with E-state index < -0.39 is 65.1 Å². The summed E-state index contributed by atoms with van der Waals surface area (Å²) in [5, 5.41) is 5.70. The van der Waals surface area contributed by atoms with Gasteiger partial charge in [-0.3, -0.25) is 4.90 Å². The zero-order chi connectivity index (χ0) is 34.0. The van der Waals surface area contributed by atoms with E-state index in [1.165, 1.54) is 48.2 Å². The van der Waals surface area contributed by atoms with E-state index in [0.717, 1.165) is 7.05 Å². The second kappa shape index (κ2) is 13.6. The summed E-state index contributed by atoms with van der Waals surface area (Å²) in [7, 11) is 3.67. The van der Waals surface area contributed by atoms with Crippen molar-refractivity contribution in [2.75, 3.05) is 39.2 Å². The molecule has 0 unspecified atom stereocenters. The molecule has 2 atom stereocenters. The van der Waals surface area contributed by atoms with Crippen molar-refractivity contribution in [1.82, 2.24) is 20.4 Å². The van der Waals surface area contributed by atoms with Gasteiger partial charge in [0.15, 0.2) is 0 Å². The van der Waals surface area contributed by atoms with Gasteiger partial charge in [-0.1, -0.05) is 12.1 Å². The summed E-state index contributed by atoms with van der Waals surface area (Å²) in [5.74, 6) is -1.07. The van der Waals surface area contributed by atoms with Crippen LogP contribution < -0.4 is 15.5 Å². The first-order valence-electron chi connectivity index (χ1n) is 14.4. The molecule has 1 saturated carbocycles. The summed E-state index contributed by atoms with van der Waals surface area (Å²) < 4.78 is 99.2. The summed E-state index contributed by atoms with van der Waals surface area (Å²) in [4.78, 5) is 41.7. The molecule has 0 spiro atoms. The predicted octanol–water partition coefficient (Wildman–Crippen LogP) is 6.20. The van der Waals surface area contributed by atoms with Gasteiger partial charge in [0.2, 0.25) is 0 Å². The third-order valence-electron chi connectivity index (χ3n) is 8.48. The molecule has 1 saturated heterocycles. The molecule has 5 amide bonds. The SMILES string of the molecule is COC(=O)N[C@H]1CC[C@H](NC(=O)N2C[C@@H](N(C)C(=O)N(C)c3cc(C(F)(F)F)cc(C(F)(F)F)c3)[C@H](c3ccc(F)cc3)C2)CC1. The van der Waals surface area contributed by atoms with Gasteiger partial charge in [-0.15, -0.1) is 0 Å². The van der Waals surface area contributed by atoms with Gasteiger partial charge in [-0.25, -0.2) is 18.8 Å². The number of anilines is 1. The number of alkyl halides is 6. The number of methoxy groups -OCH3 is 1. The Morgan fingerprint density at radius 3 is 1.85 bits per heavy atom. The Bertz CT molecular complexity index is 1380. The monoisotopic (exact) mass is 661 g/mol. The van der Waals surface area contributed by atoms with E-state index in [2.05, 4.69) is 15.4 Å². The number of carbonyl (C=O) groups is 3. The number of ether oxygens (including phenoxy) is 1. The molecule has 9 nitrogen and oxygen atoms in total. The molecule has 2 aromatic carbocycles. The van der Waals surface area contributed by atoms with Crippen LogP contribution >= 0.6 is 0 Å². The molecule has 252 valence electrons. The fourth-order valence-corrected chi connectivity index (χ4v) is 5.88. The molecule has 0 radical (unpaired) electrons. The number of nitrogens with zero attached hydrogens (tertiary/aromatic N) is 3. The van der Waals surface area contributed by atoms with Crippen molar-refractivity contribution >= 4 is 23.8 Å². The predicted molar refractivity (Wildman–Crippen MR) is 153 cm³/mol. The van der Waals surface area contributed by atoms with Gasteiger partial charge >= 0.3 is 30.5 Å². The van der Waals surface area contributed by atoms with Crippen LogP contribution in [-0.4, -0.2) is 80.4 Å². The minimum Gasteiger partial charge on any atom is -0.453 e. The lowest BCUT2D eigenvalue weighted by molar-refractivity contribution is -0.143. The molecule has 4 rings (SSSR count). The van der Waals surface area contributed by atoms with E-state index in [9.17, 15) is 45.1 Å².